The van der Waals surface area contributed by atoms with Gasteiger partial charge in [0.05, 0.1) is 5.75 Å². The minimum Gasteiger partial charge on any atom is -0.325 e. The second-order valence-corrected chi connectivity index (χ2v) is 8.42. The predicted molar refractivity (Wildman–Crippen MR) is 114 cm³/mol. The highest BCUT2D eigenvalue weighted by Gasteiger charge is 2.16. The summed E-state index contributed by atoms with van der Waals surface area (Å²) in [5, 5.41) is 14.3. The van der Waals surface area contributed by atoms with Crippen LogP contribution in [0.1, 0.15) is 16.0 Å². The van der Waals surface area contributed by atoms with E-state index in [0.29, 0.717) is 11.7 Å². The number of aromatic nitrogens is 3. The first-order chi connectivity index (χ1) is 13.0. The van der Waals surface area contributed by atoms with Crippen LogP contribution >= 0.6 is 23.1 Å². The number of benzene rings is 1. The largest absolute Gasteiger partial charge is 0.325 e. The van der Waals surface area contributed by atoms with Gasteiger partial charge in [-0.2, -0.15) is 0 Å². The molecule has 0 unspecified atom stereocenters. The van der Waals surface area contributed by atoms with E-state index in [2.05, 4.69) is 46.5 Å². The van der Waals surface area contributed by atoms with Crippen molar-refractivity contribution in [3.63, 3.8) is 0 Å². The van der Waals surface area contributed by atoms with Gasteiger partial charge in [-0.25, -0.2) is 0 Å². The molecule has 2 aromatic heterocycles. The monoisotopic (exact) mass is 398 g/mol. The standard InChI is InChI=1S/C20H22N4OS2/c1-5-6-24-19(16-10-15(4)26-11-16)22-23-20(24)27-12-18(25)21-17-8-13(2)7-14(3)9-17/h5,7-11H,1,6,12H2,2-4H3,(H,21,25). The fourth-order valence-corrected chi connectivity index (χ4v) is 4.27. The van der Waals surface area contributed by atoms with Gasteiger partial charge in [0.15, 0.2) is 11.0 Å². The van der Waals surface area contributed by atoms with Gasteiger partial charge in [0.1, 0.15) is 0 Å². The maximum absolute atomic E-state index is 12.3. The summed E-state index contributed by atoms with van der Waals surface area (Å²) in [5.74, 6) is 1.01. The zero-order valence-corrected chi connectivity index (χ0v) is 17.3. The van der Waals surface area contributed by atoms with Crippen molar-refractivity contribution in [2.45, 2.75) is 32.5 Å². The van der Waals surface area contributed by atoms with E-state index in [1.807, 2.05) is 36.6 Å². The number of thioether (sulfide) groups is 1. The van der Waals surface area contributed by atoms with E-state index in [0.717, 1.165) is 28.2 Å². The molecular weight excluding hydrogens is 376 g/mol. The van der Waals surface area contributed by atoms with Gasteiger partial charge in [-0.05, 0) is 50.1 Å². The van der Waals surface area contributed by atoms with Crippen molar-refractivity contribution in [1.82, 2.24) is 14.8 Å². The highest BCUT2D eigenvalue weighted by molar-refractivity contribution is 7.99. The lowest BCUT2D eigenvalue weighted by molar-refractivity contribution is -0.113. The van der Waals surface area contributed by atoms with E-state index in [1.165, 1.54) is 16.6 Å². The van der Waals surface area contributed by atoms with Crippen molar-refractivity contribution >= 4 is 34.7 Å². The molecule has 7 heteroatoms. The number of nitrogens with one attached hydrogen (secondary N) is 1. The lowest BCUT2D eigenvalue weighted by Crippen LogP contribution is -2.15. The third-order valence-corrected chi connectivity index (χ3v) is 5.68. The fraction of sp³-hybridized carbons (Fsp3) is 0.250. The van der Waals surface area contributed by atoms with Crippen LogP contribution in [0.5, 0.6) is 0 Å². The normalized spacial score (nSPS) is 10.8. The van der Waals surface area contributed by atoms with Crippen LogP contribution in [0.2, 0.25) is 0 Å². The Morgan fingerprint density at radius 2 is 1.96 bits per heavy atom. The topological polar surface area (TPSA) is 59.8 Å². The molecule has 0 saturated heterocycles. The first-order valence-corrected chi connectivity index (χ1v) is 10.4. The predicted octanol–water partition coefficient (Wildman–Crippen LogP) is 4.85. The molecule has 0 radical (unpaired) electrons. The highest BCUT2D eigenvalue weighted by Crippen LogP contribution is 2.27. The number of nitrogens with zero attached hydrogens (tertiary/aromatic N) is 3. The van der Waals surface area contributed by atoms with Crippen LogP contribution in [0.3, 0.4) is 0 Å². The van der Waals surface area contributed by atoms with E-state index < -0.39 is 0 Å². The lowest BCUT2D eigenvalue weighted by atomic mass is 10.1. The second-order valence-electron chi connectivity index (χ2n) is 6.36. The Morgan fingerprint density at radius 1 is 1.22 bits per heavy atom. The number of hydrogen-bond donors (Lipinski definition) is 1. The SMILES string of the molecule is C=CCn1c(SCC(=O)Nc2cc(C)cc(C)c2)nnc1-c1csc(C)c1. The second kappa shape index (κ2) is 8.54. The molecule has 0 aliphatic heterocycles. The zero-order chi connectivity index (χ0) is 19.4. The van der Waals surface area contributed by atoms with Crippen molar-refractivity contribution in [1.29, 1.82) is 0 Å². The zero-order valence-electron chi connectivity index (χ0n) is 15.7. The maximum Gasteiger partial charge on any atom is 0.234 e. The summed E-state index contributed by atoms with van der Waals surface area (Å²) in [6.45, 7) is 10.5. The van der Waals surface area contributed by atoms with Crippen LogP contribution in [0.15, 0.2) is 47.5 Å². The Balaban J connectivity index is 1.71. The van der Waals surface area contributed by atoms with Gasteiger partial charge >= 0.3 is 0 Å². The minimum atomic E-state index is -0.0638. The van der Waals surface area contributed by atoms with Crippen LogP contribution in [-0.4, -0.2) is 26.4 Å². The third-order valence-electron chi connectivity index (χ3n) is 3.86. The van der Waals surface area contributed by atoms with E-state index in [-0.39, 0.29) is 11.7 Å². The Hall–Kier alpha value is -2.38. The average Bonchev–Trinajstić information content (AvgIpc) is 3.18. The number of allylic oxidation sites excluding steroid dienone is 1. The molecule has 1 amide bonds. The van der Waals surface area contributed by atoms with Gasteiger partial charge < -0.3 is 5.32 Å². The van der Waals surface area contributed by atoms with Crippen LogP contribution in [0.4, 0.5) is 5.69 Å². The molecule has 5 nitrogen and oxygen atoms in total. The molecular formula is C20H22N4OS2. The number of rotatable bonds is 7. The molecule has 2 heterocycles. The van der Waals surface area contributed by atoms with Gasteiger partial charge in [0.25, 0.3) is 0 Å². The molecule has 0 spiro atoms. The van der Waals surface area contributed by atoms with Crippen LogP contribution in [-0.2, 0) is 11.3 Å². The van der Waals surface area contributed by atoms with Crippen molar-refractivity contribution in [3.05, 3.63) is 58.3 Å². The first kappa shape index (κ1) is 19.4. The summed E-state index contributed by atoms with van der Waals surface area (Å²) in [6, 6.07) is 8.10. The number of thiophene rings is 1. The van der Waals surface area contributed by atoms with E-state index in [9.17, 15) is 4.79 Å². The highest BCUT2D eigenvalue weighted by atomic mass is 32.2. The van der Waals surface area contributed by atoms with E-state index in [4.69, 9.17) is 0 Å². The fourth-order valence-electron chi connectivity index (χ4n) is 2.84. The molecule has 0 aliphatic rings. The molecule has 3 aromatic rings. The molecule has 0 fully saturated rings. The summed E-state index contributed by atoms with van der Waals surface area (Å²) in [7, 11) is 0. The number of amides is 1. The number of aryl methyl sites for hydroxylation is 3. The summed E-state index contributed by atoms with van der Waals surface area (Å²) in [4.78, 5) is 13.6. The van der Waals surface area contributed by atoms with Crippen LogP contribution < -0.4 is 5.32 Å². The summed E-state index contributed by atoms with van der Waals surface area (Å²) >= 11 is 3.06. The van der Waals surface area contributed by atoms with Gasteiger partial charge in [0, 0.05) is 28.1 Å². The number of hydrogen-bond acceptors (Lipinski definition) is 5. The number of carbonyl (C=O) groups is 1. The van der Waals surface area contributed by atoms with E-state index in [1.54, 1.807) is 11.3 Å². The van der Waals surface area contributed by atoms with Crippen molar-refractivity contribution in [2.75, 3.05) is 11.1 Å². The quantitative estimate of drug-likeness (QED) is 0.457. The Bertz CT molecular complexity index is 954. The van der Waals surface area contributed by atoms with Gasteiger partial charge in [-0.3, -0.25) is 9.36 Å². The summed E-state index contributed by atoms with van der Waals surface area (Å²) in [5.41, 5.74) is 4.11. The van der Waals surface area contributed by atoms with Crippen LogP contribution in [0.25, 0.3) is 11.4 Å². The van der Waals surface area contributed by atoms with E-state index >= 15 is 0 Å². The Kier molecular flexibility index (Phi) is 6.13. The summed E-state index contributed by atoms with van der Waals surface area (Å²) in [6.07, 6.45) is 1.81. The number of carbonyl (C=O) groups excluding carboxylic acids is 1. The molecule has 140 valence electrons. The van der Waals surface area contributed by atoms with Crippen molar-refractivity contribution < 1.29 is 4.79 Å². The van der Waals surface area contributed by atoms with Crippen LogP contribution in [0, 0.1) is 20.8 Å². The number of anilines is 1. The van der Waals surface area contributed by atoms with Gasteiger partial charge in [0.2, 0.25) is 5.91 Å². The summed E-state index contributed by atoms with van der Waals surface area (Å²) < 4.78 is 1.99. The molecule has 0 bridgehead atoms. The minimum absolute atomic E-state index is 0.0638. The van der Waals surface area contributed by atoms with Gasteiger partial charge in [-0.1, -0.05) is 23.9 Å². The molecule has 0 aliphatic carbocycles. The Labute approximate surface area is 167 Å². The molecule has 27 heavy (non-hydrogen) atoms. The average molecular weight is 399 g/mol. The Morgan fingerprint density at radius 3 is 2.59 bits per heavy atom. The third kappa shape index (κ3) is 4.87. The van der Waals surface area contributed by atoms with Gasteiger partial charge in [-0.15, -0.1) is 28.1 Å². The maximum atomic E-state index is 12.3. The molecule has 0 atom stereocenters. The molecule has 1 aromatic carbocycles. The molecule has 3 rings (SSSR count). The smallest absolute Gasteiger partial charge is 0.234 e. The lowest BCUT2D eigenvalue weighted by Gasteiger charge is -2.08. The molecule has 1 N–H and O–H groups in total. The van der Waals surface area contributed by atoms with Crippen molar-refractivity contribution in [3.8, 4) is 11.4 Å². The molecule has 0 saturated carbocycles. The first-order valence-electron chi connectivity index (χ1n) is 8.57. The van der Waals surface area contributed by atoms with Crippen molar-refractivity contribution in [2.24, 2.45) is 0 Å².